The van der Waals surface area contributed by atoms with E-state index in [2.05, 4.69) is 63.7 Å². The highest BCUT2D eigenvalue weighted by Crippen LogP contribution is 2.58. The molecule has 0 radical (unpaired) electrons. The minimum absolute atomic E-state index is 0.205. The fourth-order valence-electron chi connectivity index (χ4n) is 3.08. The van der Waals surface area contributed by atoms with Crippen LogP contribution < -0.4 is 0 Å². The Balaban J connectivity index is 2.63. The van der Waals surface area contributed by atoms with Crippen LogP contribution in [0.2, 0.25) is 30.1 Å². The minimum Gasteiger partial charge on any atom is -0.0823 e. The highest BCUT2D eigenvalue weighted by atomic mass is 79.9. The maximum Gasteiger partial charge on any atom is 0.0792 e. The topological polar surface area (TPSA) is 0 Å². The Labute approximate surface area is 211 Å². The summed E-state index contributed by atoms with van der Waals surface area (Å²) in [5.74, 6) is 0. The van der Waals surface area contributed by atoms with Crippen molar-refractivity contribution in [1.82, 2.24) is 0 Å². The summed E-state index contributed by atoms with van der Waals surface area (Å²) >= 11 is 53.6. The van der Waals surface area contributed by atoms with E-state index in [0.717, 1.165) is 25.1 Å². The zero-order valence-electron chi connectivity index (χ0n) is 11.8. The summed E-state index contributed by atoms with van der Waals surface area (Å²) in [4.78, 5) is 0. The van der Waals surface area contributed by atoms with Crippen LogP contribution in [0.4, 0.5) is 0 Å². The highest BCUT2D eigenvalue weighted by molar-refractivity contribution is 9.14. The molecule has 0 aliphatic heterocycles. The van der Waals surface area contributed by atoms with Gasteiger partial charge in [-0.3, -0.25) is 0 Å². The zero-order valence-corrected chi connectivity index (χ0v) is 22.7. The van der Waals surface area contributed by atoms with Crippen molar-refractivity contribution >= 4 is 166 Å². The molecule has 0 nitrogen and oxygen atoms in total. The molecule has 0 amide bonds. The van der Waals surface area contributed by atoms with Crippen LogP contribution in [-0.4, -0.2) is 0 Å². The SMILES string of the molecule is Clc1c(Cl)c2c(Cl)c(Cl)c3c(Cl)c(Br)c(Br)c4c(Br)c(Br)c(c1Cl)c2c34. The van der Waals surface area contributed by atoms with Gasteiger partial charge in [-0.25, -0.2) is 0 Å². The van der Waals surface area contributed by atoms with E-state index in [4.69, 9.17) is 69.6 Å². The van der Waals surface area contributed by atoms with Crippen molar-refractivity contribution in [2.45, 2.75) is 0 Å². The molecule has 10 heteroatoms. The Morgan fingerprint density at radius 3 is 1.23 bits per heavy atom. The number of rotatable bonds is 0. The lowest BCUT2D eigenvalue weighted by atomic mass is 9.94. The molecule has 4 aromatic carbocycles. The van der Waals surface area contributed by atoms with E-state index < -0.39 is 0 Å². The maximum absolute atomic E-state index is 6.60. The molecule has 0 unspecified atom stereocenters. The highest BCUT2D eigenvalue weighted by Gasteiger charge is 2.29. The molecule has 0 saturated heterocycles. The van der Waals surface area contributed by atoms with E-state index in [1.165, 1.54) is 0 Å². The average Bonchev–Trinajstić information content (AvgIpc) is 2.60. The quantitative estimate of drug-likeness (QED) is 0.125. The van der Waals surface area contributed by atoms with Crippen molar-refractivity contribution in [3.05, 3.63) is 48.0 Å². The Hall–Kier alpha value is 1.58. The van der Waals surface area contributed by atoms with Gasteiger partial charge < -0.3 is 0 Å². The average molecular weight is 725 g/mol. The Bertz CT molecular complexity index is 1090. The van der Waals surface area contributed by atoms with E-state index >= 15 is 0 Å². The molecule has 0 saturated carbocycles. The second kappa shape index (κ2) is 7.08. The summed E-state index contributed by atoms with van der Waals surface area (Å²) in [6.07, 6.45) is 0. The molecule has 0 spiro atoms. The normalized spacial score (nSPS) is 12.2. The second-order valence-corrected chi connectivity index (χ2v) is 10.8. The van der Waals surface area contributed by atoms with Crippen LogP contribution >= 0.6 is 133 Å². The monoisotopic (exact) mass is 717 g/mol. The fourth-order valence-corrected chi connectivity index (χ4v) is 7.51. The summed E-state index contributed by atoms with van der Waals surface area (Å²) in [5, 5.41) is 5.89. The summed E-state index contributed by atoms with van der Waals surface area (Å²) in [5.41, 5.74) is 0. The van der Waals surface area contributed by atoms with Crippen LogP contribution in [0.1, 0.15) is 0 Å². The van der Waals surface area contributed by atoms with Gasteiger partial charge in [-0.1, -0.05) is 69.6 Å². The van der Waals surface area contributed by atoms with Crippen LogP contribution in [0.15, 0.2) is 17.9 Å². The third-order valence-electron chi connectivity index (χ3n) is 4.16. The van der Waals surface area contributed by atoms with Crippen LogP contribution in [0.25, 0.3) is 32.3 Å². The lowest BCUT2D eigenvalue weighted by molar-refractivity contribution is 1.64. The maximum atomic E-state index is 6.60. The first-order valence-corrected chi connectivity index (χ1v) is 12.1. The largest absolute Gasteiger partial charge is 0.0823 e. The van der Waals surface area contributed by atoms with Crippen LogP contribution in [0.3, 0.4) is 0 Å². The molecule has 0 aliphatic rings. The second-order valence-electron chi connectivity index (χ2n) is 5.39. The predicted molar refractivity (Wildman–Crippen MR) is 131 cm³/mol. The van der Waals surface area contributed by atoms with Crippen molar-refractivity contribution < 1.29 is 0 Å². The first kappa shape index (κ1) is 20.8. The van der Waals surface area contributed by atoms with Crippen LogP contribution in [0.5, 0.6) is 0 Å². The molecule has 0 atom stereocenters. The number of benzene rings is 4. The molecule has 26 heavy (non-hydrogen) atoms. The zero-order chi connectivity index (χ0) is 19.2. The van der Waals surface area contributed by atoms with Crippen molar-refractivity contribution in [2.75, 3.05) is 0 Å². The van der Waals surface area contributed by atoms with Gasteiger partial charge >= 0.3 is 0 Å². The predicted octanol–water partition coefficient (Wildman–Crippen LogP) is 11.6. The minimum atomic E-state index is 0.205. The van der Waals surface area contributed by atoms with Gasteiger partial charge in [-0.2, -0.15) is 0 Å². The van der Waals surface area contributed by atoms with Gasteiger partial charge in [0.15, 0.2) is 0 Å². The number of halogens is 10. The van der Waals surface area contributed by atoms with Gasteiger partial charge in [0, 0.05) is 45.7 Å². The lowest BCUT2D eigenvalue weighted by Gasteiger charge is -2.22. The molecule has 0 aromatic heterocycles. The van der Waals surface area contributed by atoms with Gasteiger partial charge in [0.05, 0.1) is 34.6 Å². The molecule has 0 aliphatic carbocycles. The van der Waals surface area contributed by atoms with Gasteiger partial charge in [-0.15, -0.1) is 0 Å². The standard InChI is InChI=1S/C16Br4Cl6/c17-7-3-1-2-4(9(7)19)12(22)16(26)15(25)6(2)14(24)13(23)5(1)11(21)10(20)8(3)18. The van der Waals surface area contributed by atoms with E-state index in [9.17, 15) is 0 Å². The molecule has 0 heterocycles. The number of hydrogen-bond acceptors (Lipinski definition) is 0. The van der Waals surface area contributed by atoms with Gasteiger partial charge in [0.1, 0.15) is 0 Å². The van der Waals surface area contributed by atoms with Gasteiger partial charge in [-0.05, 0) is 63.7 Å². The van der Waals surface area contributed by atoms with E-state index in [-0.39, 0.29) is 20.1 Å². The third kappa shape index (κ3) is 2.57. The summed E-state index contributed by atoms with van der Waals surface area (Å²) < 4.78 is 2.89. The first-order chi connectivity index (χ1) is 12.1. The van der Waals surface area contributed by atoms with Gasteiger partial charge in [0.25, 0.3) is 0 Å². The molecular formula is C16Br4Cl6. The van der Waals surface area contributed by atoms with Gasteiger partial charge in [0.2, 0.25) is 0 Å². The van der Waals surface area contributed by atoms with Crippen molar-refractivity contribution in [3.8, 4) is 0 Å². The Morgan fingerprint density at radius 2 is 0.654 bits per heavy atom. The summed E-state index contributed by atoms with van der Waals surface area (Å²) in [7, 11) is 0. The lowest BCUT2D eigenvalue weighted by Crippen LogP contribution is -1.94. The summed E-state index contributed by atoms with van der Waals surface area (Å²) in [6.45, 7) is 0. The molecule has 0 bridgehead atoms. The van der Waals surface area contributed by atoms with Crippen LogP contribution in [-0.2, 0) is 0 Å². The van der Waals surface area contributed by atoms with Crippen molar-refractivity contribution in [1.29, 1.82) is 0 Å². The first-order valence-electron chi connectivity index (χ1n) is 6.64. The summed E-state index contributed by atoms with van der Waals surface area (Å²) in [6, 6.07) is 0. The third-order valence-corrected chi connectivity index (χ3v) is 11.2. The molecule has 0 fully saturated rings. The molecule has 4 aromatic rings. The van der Waals surface area contributed by atoms with E-state index in [1.54, 1.807) is 0 Å². The van der Waals surface area contributed by atoms with Crippen molar-refractivity contribution in [2.24, 2.45) is 0 Å². The smallest absolute Gasteiger partial charge is 0.0792 e. The molecule has 0 N–H and O–H groups in total. The Morgan fingerprint density at radius 1 is 0.308 bits per heavy atom. The number of hydrogen-bond donors (Lipinski definition) is 0. The van der Waals surface area contributed by atoms with E-state index in [0.29, 0.717) is 35.1 Å². The fraction of sp³-hybridized carbons (Fsp3) is 0. The molecule has 4 rings (SSSR count). The van der Waals surface area contributed by atoms with Crippen molar-refractivity contribution in [3.63, 3.8) is 0 Å². The van der Waals surface area contributed by atoms with E-state index in [1.807, 2.05) is 0 Å². The molecule has 134 valence electrons. The molecular weight excluding hydrogens is 725 g/mol. The Kier molecular flexibility index (Phi) is 5.67. The van der Waals surface area contributed by atoms with Crippen LogP contribution in [0, 0.1) is 0 Å².